The van der Waals surface area contributed by atoms with Crippen LogP contribution in [0.25, 0.3) is 11.4 Å². The number of esters is 1. The maximum absolute atomic E-state index is 11.9. The molecule has 0 fully saturated rings. The van der Waals surface area contributed by atoms with Gasteiger partial charge in [-0.05, 0) is 54.5 Å². The van der Waals surface area contributed by atoms with E-state index >= 15 is 0 Å². The smallest absolute Gasteiger partial charge is 0.335 e. The Morgan fingerprint density at radius 1 is 1.05 bits per heavy atom. The van der Waals surface area contributed by atoms with Crippen molar-refractivity contribution in [2.75, 3.05) is 14.2 Å². The van der Waals surface area contributed by atoms with Crippen molar-refractivity contribution in [3.05, 3.63) is 66.0 Å². The normalized spacial score (nSPS) is 12.5. The van der Waals surface area contributed by atoms with Gasteiger partial charge in [-0.15, -0.1) is 0 Å². The molecule has 1 heterocycles. The van der Waals surface area contributed by atoms with Crippen LogP contribution in [0.15, 0.2) is 54.7 Å². The second-order valence-electron chi connectivity index (χ2n) is 10.2. The molecule has 0 aliphatic carbocycles. The van der Waals surface area contributed by atoms with Crippen molar-refractivity contribution < 1.29 is 28.5 Å². The van der Waals surface area contributed by atoms with E-state index in [1.807, 2.05) is 36.4 Å². The summed E-state index contributed by atoms with van der Waals surface area (Å²) in [5.41, 5.74) is 2.07. The van der Waals surface area contributed by atoms with Gasteiger partial charge in [-0.25, -0.2) is 14.8 Å². The summed E-state index contributed by atoms with van der Waals surface area (Å²) < 4.78 is 22.7. The molecule has 0 amide bonds. The zero-order valence-corrected chi connectivity index (χ0v) is 23.6. The highest BCUT2D eigenvalue weighted by Gasteiger charge is 2.39. The highest BCUT2D eigenvalue weighted by atomic mass is 28.4. The molecule has 3 rings (SSSR count). The summed E-state index contributed by atoms with van der Waals surface area (Å²) in [6, 6.07) is 14.8. The van der Waals surface area contributed by atoms with E-state index in [0.717, 1.165) is 5.56 Å². The zero-order valence-electron chi connectivity index (χ0n) is 22.6. The molecule has 0 saturated carbocycles. The number of para-hydroxylation sites is 1. The van der Waals surface area contributed by atoms with Crippen LogP contribution in [0.4, 0.5) is 0 Å². The third-order valence-electron chi connectivity index (χ3n) is 6.53. The number of nitrogens with zero attached hydrogens (tertiary/aromatic N) is 2. The Balaban J connectivity index is 1.86. The van der Waals surface area contributed by atoms with Gasteiger partial charge in [0.2, 0.25) is 8.32 Å². The Labute approximate surface area is 219 Å². The van der Waals surface area contributed by atoms with Gasteiger partial charge in [-0.3, -0.25) is 0 Å². The van der Waals surface area contributed by atoms with Crippen LogP contribution in [-0.4, -0.2) is 49.7 Å². The minimum atomic E-state index is -2.09. The average Bonchev–Trinajstić information content (AvgIpc) is 2.87. The molecule has 2 aromatic carbocycles. The van der Waals surface area contributed by atoms with E-state index in [-0.39, 0.29) is 18.1 Å². The van der Waals surface area contributed by atoms with E-state index in [4.69, 9.17) is 18.6 Å². The summed E-state index contributed by atoms with van der Waals surface area (Å²) in [7, 11) is 0.756. The molecule has 37 heavy (non-hydrogen) atoms. The van der Waals surface area contributed by atoms with Crippen molar-refractivity contribution >= 4 is 14.3 Å². The van der Waals surface area contributed by atoms with Crippen LogP contribution in [0, 0.1) is 0 Å². The van der Waals surface area contributed by atoms with Gasteiger partial charge < -0.3 is 23.7 Å². The number of methoxy groups -OCH3 is 2. The molecule has 0 bridgehead atoms. The molecule has 1 N–H and O–H groups in total. The Bertz CT molecular complexity index is 1230. The van der Waals surface area contributed by atoms with Gasteiger partial charge in [0.05, 0.1) is 25.5 Å². The first-order chi connectivity index (χ1) is 17.4. The summed E-state index contributed by atoms with van der Waals surface area (Å²) >= 11 is 0. The zero-order chi connectivity index (χ0) is 27.2. The van der Waals surface area contributed by atoms with Gasteiger partial charge in [-0.1, -0.05) is 32.9 Å². The van der Waals surface area contributed by atoms with E-state index in [1.54, 1.807) is 25.4 Å². The third kappa shape index (κ3) is 7.08. The highest BCUT2D eigenvalue weighted by Crippen LogP contribution is 2.38. The molecule has 3 aromatic rings. The quantitative estimate of drug-likeness (QED) is 0.286. The first-order valence-electron chi connectivity index (χ1n) is 12.1. The Morgan fingerprint density at radius 2 is 1.78 bits per heavy atom. The minimum absolute atomic E-state index is 0.0139. The molecule has 0 aliphatic rings. The van der Waals surface area contributed by atoms with Crippen LogP contribution < -0.4 is 13.9 Å². The lowest BCUT2D eigenvalue weighted by Gasteiger charge is -2.36. The number of rotatable bonds is 10. The molecule has 8 nitrogen and oxygen atoms in total. The van der Waals surface area contributed by atoms with Crippen molar-refractivity contribution in [2.24, 2.45) is 0 Å². The number of ether oxygens (including phenoxy) is 3. The van der Waals surface area contributed by atoms with Gasteiger partial charge >= 0.3 is 5.97 Å². The van der Waals surface area contributed by atoms with Gasteiger partial charge in [0.1, 0.15) is 23.9 Å². The lowest BCUT2D eigenvalue weighted by atomic mass is 10.1. The van der Waals surface area contributed by atoms with E-state index in [9.17, 15) is 9.90 Å². The van der Waals surface area contributed by atoms with Gasteiger partial charge in [0, 0.05) is 18.2 Å². The second-order valence-corrected chi connectivity index (χ2v) is 15.0. The summed E-state index contributed by atoms with van der Waals surface area (Å²) in [5, 5.41) is 10.4. The number of aliphatic hydroxyl groups excluding tert-OH is 1. The number of hydrogen-bond acceptors (Lipinski definition) is 8. The summed E-state index contributed by atoms with van der Waals surface area (Å²) in [5.74, 6) is 1.68. The van der Waals surface area contributed by atoms with Crippen molar-refractivity contribution in [3.63, 3.8) is 0 Å². The second kappa shape index (κ2) is 11.7. The number of hydrogen-bond donors (Lipinski definition) is 1. The summed E-state index contributed by atoms with van der Waals surface area (Å²) in [4.78, 5) is 20.9. The molecular formula is C28H36N2O6Si. The topological polar surface area (TPSA) is 100 Å². The van der Waals surface area contributed by atoms with Crippen molar-refractivity contribution in [1.29, 1.82) is 0 Å². The van der Waals surface area contributed by atoms with Crippen LogP contribution in [0.3, 0.4) is 0 Å². The maximum atomic E-state index is 11.9. The lowest BCUT2D eigenvalue weighted by molar-refractivity contribution is -0.150. The highest BCUT2D eigenvalue weighted by molar-refractivity contribution is 6.74. The Hall–Kier alpha value is -3.43. The number of aliphatic hydroxyl groups is 1. The fourth-order valence-electron chi connectivity index (χ4n) is 3.38. The van der Waals surface area contributed by atoms with Crippen LogP contribution in [-0.2, 0) is 22.6 Å². The van der Waals surface area contributed by atoms with E-state index in [0.29, 0.717) is 34.3 Å². The monoisotopic (exact) mass is 524 g/mol. The first-order valence-corrected chi connectivity index (χ1v) is 15.0. The van der Waals surface area contributed by atoms with Crippen molar-refractivity contribution in [3.8, 4) is 28.6 Å². The third-order valence-corrected chi connectivity index (χ3v) is 10.9. The van der Waals surface area contributed by atoms with Crippen molar-refractivity contribution in [2.45, 2.75) is 58.0 Å². The fourth-order valence-corrected chi connectivity index (χ4v) is 4.40. The SMILES string of the molecule is COC(=O)[C@@H](O)Cc1cc(O[Si](C)(C)C(C)(C)C)ccc1OCc1ccnc(-c2ccccc2OC)n1. The number of benzene rings is 2. The minimum Gasteiger partial charge on any atom is -0.543 e. The molecule has 198 valence electrons. The number of carbonyl (C=O) groups excluding carboxylic acids is 1. The van der Waals surface area contributed by atoms with E-state index < -0.39 is 20.4 Å². The molecule has 0 radical (unpaired) electrons. The lowest BCUT2D eigenvalue weighted by Crippen LogP contribution is -2.43. The Kier molecular flexibility index (Phi) is 8.93. The number of carbonyl (C=O) groups is 1. The predicted molar refractivity (Wildman–Crippen MR) is 144 cm³/mol. The average molecular weight is 525 g/mol. The van der Waals surface area contributed by atoms with Crippen LogP contribution in [0.5, 0.6) is 17.2 Å². The molecule has 0 aliphatic heterocycles. The molecule has 1 atom stereocenters. The predicted octanol–water partition coefficient (Wildman–Crippen LogP) is 5.19. The summed E-state index contributed by atoms with van der Waals surface area (Å²) in [6.45, 7) is 11.0. The van der Waals surface area contributed by atoms with Crippen LogP contribution in [0.2, 0.25) is 18.1 Å². The molecule has 0 spiro atoms. The first kappa shape index (κ1) is 28.1. The molecule has 0 unspecified atom stereocenters. The van der Waals surface area contributed by atoms with Gasteiger partial charge in [0.15, 0.2) is 11.9 Å². The maximum Gasteiger partial charge on any atom is 0.335 e. The molecular weight excluding hydrogens is 488 g/mol. The fraction of sp³-hybridized carbons (Fsp3) is 0.393. The Morgan fingerprint density at radius 3 is 2.46 bits per heavy atom. The van der Waals surface area contributed by atoms with Crippen LogP contribution in [0.1, 0.15) is 32.0 Å². The standard InChI is InChI=1S/C28H36N2O6Si/c1-28(2,3)37(6,7)36-21-12-13-24(19(16-21)17-23(31)27(32)34-5)35-18-20-14-15-29-26(30-20)22-10-8-9-11-25(22)33-4/h8-16,23,31H,17-18H2,1-7H3/t23-/m0/s1. The van der Waals surface area contributed by atoms with E-state index in [1.165, 1.54) is 7.11 Å². The molecule has 0 saturated heterocycles. The van der Waals surface area contributed by atoms with Crippen molar-refractivity contribution in [1.82, 2.24) is 9.97 Å². The summed E-state index contributed by atoms with van der Waals surface area (Å²) in [6.07, 6.45) is 0.366. The molecule has 9 heteroatoms. The molecule has 1 aromatic heterocycles. The van der Waals surface area contributed by atoms with Crippen LogP contribution >= 0.6 is 0 Å². The van der Waals surface area contributed by atoms with Gasteiger partial charge in [0.25, 0.3) is 0 Å². The van der Waals surface area contributed by atoms with Gasteiger partial charge in [-0.2, -0.15) is 0 Å². The largest absolute Gasteiger partial charge is 0.543 e. The van der Waals surface area contributed by atoms with E-state index in [2.05, 4.69) is 43.8 Å². The number of aromatic nitrogens is 2.